The maximum absolute atomic E-state index is 13.1. The Balaban J connectivity index is 1.89. The van der Waals surface area contributed by atoms with Crippen LogP contribution in [0, 0.1) is 6.92 Å². The molecular formula is C24H23N3O4S. The Bertz CT molecular complexity index is 1200. The molecule has 0 unspecified atom stereocenters. The van der Waals surface area contributed by atoms with Gasteiger partial charge in [-0.1, -0.05) is 49.4 Å². The van der Waals surface area contributed by atoms with Crippen molar-refractivity contribution in [3.05, 3.63) is 75.8 Å². The van der Waals surface area contributed by atoms with Crippen LogP contribution in [-0.2, 0) is 9.59 Å². The van der Waals surface area contributed by atoms with Crippen molar-refractivity contribution in [1.82, 2.24) is 10.2 Å². The summed E-state index contributed by atoms with van der Waals surface area (Å²) in [6.07, 6.45) is 0. The van der Waals surface area contributed by atoms with E-state index in [-0.39, 0.29) is 11.3 Å². The Morgan fingerprint density at radius 1 is 1.06 bits per heavy atom. The van der Waals surface area contributed by atoms with Gasteiger partial charge in [0.05, 0.1) is 18.7 Å². The van der Waals surface area contributed by atoms with E-state index in [1.807, 2.05) is 24.3 Å². The van der Waals surface area contributed by atoms with Crippen LogP contribution in [0.25, 0.3) is 5.76 Å². The predicted molar refractivity (Wildman–Crippen MR) is 123 cm³/mol. The molecule has 1 atom stereocenters. The highest BCUT2D eigenvalue weighted by Gasteiger charge is 2.48. The van der Waals surface area contributed by atoms with E-state index in [0.29, 0.717) is 32.9 Å². The molecule has 1 saturated heterocycles. The summed E-state index contributed by atoms with van der Waals surface area (Å²) in [6, 6.07) is 13.6. The van der Waals surface area contributed by atoms with Gasteiger partial charge in [0.15, 0.2) is 0 Å². The first-order valence-corrected chi connectivity index (χ1v) is 11.0. The number of hydrogen-bond donors (Lipinski definition) is 1. The largest absolute Gasteiger partial charge is 0.507 e. The number of carbonyl (C=O) groups is 2. The lowest BCUT2D eigenvalue weighted by molar-refractivity contribution is -0.132. The zero-order valence-electron chi connectivity index (χ0n) is 18.2. The second-order valence-electron chi connectivity index (χ2n) is 7.82. The van der Waals surface area contributed by atoms with Crippen LogP contribution in [0.15, 0.2) is 54.1 Å². The maximum Gasteiger partial charge on any atom is 0.301 e. The molecule has 8 heteroatoms. The van der Waals surface area contributed by atoms with Crippen LogP contribution in [-0.4, -0.2) is 34.1 Å². The maximum atomic E-state index is 13.1. The Kier molecular flexibility index (Phi) is 5.80. The van der Waals surface area contributed by atoms with Crippen molar-refractivity contribution >= 4 is 33.9 Å². The van der Waals surface area contributed by atoms with Crippen LogP contribution in [0.5, 0.6) is 5.75 Å². The minimum Gasteiger partial charge on any atom is -0.507 e. The predicted octanol–water partition coefficient (Wildman–Crippen LogP) is 4.60. The van der Waals surface area contributed by atoms with Crippen LogP contribution >= 0.6 is 11.3 Å². The van der Waals surface area contributed by atoms with Crippen molar-refractivity contribution in [3.8, 4) is 5.75 Å². The van der Waals surface area contributed by atoms with E-state index in [0.717, 1.165) is 5.56 Å². The molecule has 7 nitrogen and oxygen atoms in total. The van der Waals surface area contributed by atoms with Crippen LogP contribution in [0.3, 0.4) is 0 Å². The number of ketones is 1. The second kappa shape index (κ2) is 8.55. The smallest absolute Gasteiger partial charge is 0.301 e. The first kappa shape index (κ1) is 21.7. The van der Waals surface area contributed by atoms with Crippen molar-refractivity contribution in [2.75, 3.05) is 12.0 Å². The van der Waals surface area contributed by atoms with Gasteiger partial charge in [0.1, 0.15) is 16.5 Å². The molecule has 1 aromatic heterocycles. The highest BCUT2D eigenvalue weighted by Crippen LogP contribution is 2.43. The molecule has 2 aromatic carbocycles. The third kappa shape index (κ3) is 3.78. The number of hydrogen-bond acceptors (Lipinski definition) is 7. The molecule has 3 aromatic rings. The van der Waals surface area contributed by atoms with Gasteiger partial charge in [-0.2, -0.15) is 0 Å². The number of carbonyl (C=O) groups excluding carboxylic acids is 2. The summed E-state index contributed by atoms with van der Waals surface area (Å²) in [5.74, 6) is -0.793. The molecule has 2 heterocycles. The minimum atomic E-state index is -0.814. The lowest BCUT2D eigenvalue weighted by Gasteiger charge is -2.23. The number of Topliss-reactive ketones (excluding diaryl/α,β-unsaturated/α-hetero) is 1. The van der Waals surface area contributed by atoms with Gasteiger partial charge in [-0.3, -0.25) is 14.5 Å². The van der Waals surface area contributed by atoms with Crippen molar-refractivity contribution in [3.63, 3.8) is 0 Å². The molecule has 164 valence electrons. The van der Waals surface area contributed by atoms with E-state index in [1.165, 1.54) is 16.2 Å². The molecule has 1 fully saturated rings. The summed E-state index contributed by atoms with van der Waals surface area (Å²) < 4.78 is 5.17. The first-order valence-electron chi connectivity index (χ1n) is 10.2. The van der Waals surface area contributed by atoms with Crippen molar-refractivity contribution in [1.29, 1.82) is 0 Å². The molecule has 0 bridgehead atoms. The number of benzene rings is 2. The number of aliphatic hydroxyl groups is 1. The van der Waals surface area contributed by atoms with Gasteiger partial charge in [0, 0.05) is 5.56 Å². The number of amides is 1. The van der Waals surface area contributed by atoms with E-state index in [9.17, 15) is 14.7 Å². The zero-order chi connectivity index (χ0) is 23.0. The number of aliphatic hydroxyl groups excluding tert-OH is 1. The average Bonchev–Trinajstić information content (AvgIpc) is 3.34. The molecule has 4 rings (SSSR count). The number of aryl methyl sites for hydroxylation is 1. The second-order valence-corrected chi connectivity index (χ2v) is 8.98. The molecule has 0 saturated carbocycles. The highest BCUT2D eigenvalue weighted by molar-refractivity contribution is 7.15. The summed E-state index contributed by atoms with van der Waals surface area (Å²) in [5.41, 5.74) is 2.27. The van der Waals surface area contributed by atoms with Gasteiger partial charge in [-0.05, 0) is 48.2 Å². The molecule has 0 aliphatic carbocycles. The van der Waals surface area contributed by atoms with Gasteiger partial charge in [0.2, 0.25) is 5.13 Å². The van der Waals surface area contributed by atoms with Crippen molar-refractivity contribution < 1.29 is 19.4 Å². The van der Waals surface area contributed by atoms with Crippen LogP contribution in [0.1, 0.15) is 47.5 Å². The third-order valence-electron chi connectivity index (χ3n) is 5.45. The van der Waals surface area contributed by atoms with Gasteiger partial charge in [0.25, 0.3) is 5.78 Å². The van der Waals surface area contributed by atoms with Gasteiger partial charge in [-0.25, -0.2) is 0 Å². The zero-order valence-corrected chi connectivity index (χ0v) is 19.0. The topological polar surface area (TPSA) is 92.6 Å². The molecule has 1 amide bonds. The molecular weight excluding hydrogens is 426 g/mol. The van der Waals surface area contributed by atoms with Crippen LogP contribution < -0.4 is 9.64 Å². The number of anilines is 1. The normalized spacial score (nSPS) is 17.9. The Labute approximate surface area is 190 Å². The molecule has 1 N–H and O–H groups in total. The Morgan fingerprint density at radius 3 is 2.25 bits per heavy atom. The lowest BCUT2D eigenvalue weighted by Crippen LogP contribution is -2.29. The quantitative estimate of drug-likeness (QED) is 0.348. The summed E-state index contributed by atoms with van der Waals surface area (Å²) in [4.78, 5) is 27.5. The number of aromatic nitrogens is 2. The fraction of sp³-hybridized carbons (Fsp3) is 0.250. The fourth-order valence-corrected chi connectivity index (χ4v) is 4.41. The monoisotopic (exact) mass is 449 g/mol. The highest BCUT2D eigenvalue weighted by atomic mass is 32.1. The number of methoxy groups -OCH3 is 1. The molecule has 1 aliphatic heterocycles. The number of nitrogens with zero attached hydrogens (tertiary/aromatic N) is 3. The summed E-state index contributed by atoms with van der Waals surface area (Å²) >= 11 is 1.22. The first-order chi connectivity index (χ1) is 15.3. The summed E-state index contributed by atoms with van der Waals surface area (Å²) in [6.45, 7) is 5.96. The van der Waals surface area contributed by atoms with Crippen molar-refractivity contribution in [2.24, 2.45) is 0 Å². The molecule has 0 radical (unpaired) electrons. The van der Waals surface area contributed by atoms with Crippen molar-refractivity contribution in [2.45, 2.75) is 32.7 Å². The Morgan fingerprint density at radius 2 is 1.72 bits per heavy atom. The molecule has 1 aliphatic rings. The average molecular weight is 450 g/mol. The SMILES string of the molecule is COc1ccc(C(O)=C2C(=O)C(=O)N(c3nnc(C)s3)[C@@H]2c2ccc(C(C)C)cc2)cc1. The number of rotatable bonds is 5. The van der Waals surface area contributed by atoms with Gasteiger partial charge >= 0.3 is 5.91 Å². The summed E-state index contributed by atoms with van der Waals surface area (Å²) in [5, 5.41) is 20.2. The van der Waals surface area contributed by atoms with E-state index >= 15 is 0 Å². The standard InChI is InChI=1S/C24H23N3O4S/c1-13(2)15-5-7-16(8-6-15)20-19(21(28)17-9-11-18(31-4)12-10-17)22(29)23(30)27(20)24-26-25-14(3)32-24/h5-13,20,28H,1-4H3/t20-/m1/s1. The number of ether oxygens (including phenoxy) is 1. The summed E-state index contributed by atoms with van der Waals surface area (Å²) in [7, 11) is 1.55. The van der Waals surface area contributed by atoms with E-state index in [1.54, 1.807) is 38.3 Å². The Hall–Kier alpha value is -3.52. The van der Waals surface area contributed by atoms with Gasteiger partial charge < -0.3 is 9.84 Å². The minimum absolute atomic E-state index is 0.0188. The molecule has 32 heavy (non-hydrogen) atoms. The van der Waals surface area contributed by atoms with Crippen LogP contribution in [0.4, 0.5) is 5.13 Å². The third-order valence-corrected chi connectivity index (χ3v) is 6.29. The molecule has 0 spiro atoms. The van der Waals surface area contributed by atoms with E-state index in [4.69, 9.17) is 4.74 Å². The van der Waals surface area contributed by atoms with E-state index in [2.05, 4.69) is 24.0 Å². The van der Waals surface area contributed by atoms with Crippen LogP contribution in [0.2, 0.25) is 0 Å². The van der Waals surface area contributed by atoms with E-state index < -0.39 is 17.7 Å². The lowest BCUT2D eigenvalue weighted by atomic mass is 9.93. The fourth-order valence-electron chi connectivity index (χ4n) is 3.70. The van der Waals surface area contributed by atoms with Gasteiger partial charge in [-0.15, -0.1) is 10.2 Å².